The van der Waals surface area contributed by atoms with Crippen LogP contribution in [0.3, 0.4) is 0 Å². The van der Waals surface area contributed by atoms with Crippen LogP contribution in [-0.4, -0.2) is 25.9 Å². The summed E-state index contributed by atoms with van der Waals surface area (Å²) >= 11 is 6.09. The molecule has 2 aromatic rings. The SMILES string of the molecule is O=S(=O)(O)c1c(Br)ccc(-c2ccc(Br)cc2)c1S(=O)(=O)O. The Morgan fingerprint density at radius 1 is 0.727 bits per heavy atom. The van der Waals surface area contributed by atoms with Crippen molar-refractivity contribution >= 4 is 52.1 Å². The lowest BCUT2D eigenvalue weighted by Gasteiger charge is -2.13. The molecule has 0 bridgehead atoms. The molecule has 0 aliphatic heterocycles. The maximum absolute atomic E-state index is 11.7. The van der Waals surface area contributed by atoms with Crippen LogP contribution in [0.4, 0.5) is 0 Å². The number of hydrogen-bond acceptors (Lipinski definition) is 4. The van der Waals surface area contributed by atoms with Crippen LogP contribution < -0.4 is 0 Å². The van der Waals surface area contributed by atoms with Gasteiger partial charge in [0.2, 0.25) is 0 Å². The van der Waals surface area contributed by atoms with E-state index >= 15 is 0 Å². The molecule has 0 saturated heterocycles. The largest absolute Gasteiger partial charge is 0.297 e. The second-order valence-corrected chi connectivity index (χ2v) is 8.70. The normalized spacial score (nSPS) is 12.4. The van der Waals surface area contributed by atoms with E-state index in [-0.39, 0.29) is 10.0 Å². The molecule has 0 radical (unpaired) electrons. The van der Waals surface area contributed by atoms with Gasteiger partial charge in [-0.05, 0) is 39.7 Å². The second kappa shape index (κ2) is 6.02. The Bertz CT molecular complexity index is 934. The van der Waals surface area contributed by atoms with E-state index in [2.05, 4.69) is 31.9 Å². The van der Waals surface area contributed by atoms with Gasteiger partial charge in [0.05, 0.1) is 0 Å². The van der Waals surface area contributed by atoms with E-state index in [9.17, 15) is 25.9 Å². The van der Waals surface area contributed by atoms with E-state index in [1.54, 1.807) is 12.1 Å². The fraction of sp³-hybridized carbons (Fsp3) is 0. The van der Waals surface area contributed by atoms with Crippen molar-refractivity contribution in [1.29, 1.82) is 0 Å². The highest BCUT2D eigenvalue weighted by Crippen LogP contribution is 2.37. The zero-order chi connectivity index (χ0) is 16.7. The van der Waals surface area contributed by atoms with Gasteiger partial charge >= 0.3 is 0 Å². The van der Waals surface area contributed by atoms with Gasteiger partial charge in [-0.2, -0.15) is 16.8 Å². The van der Waals surface area contributed by atoms with Crippen molar-refractivity contribution in [3.05, 3.63) is 45.3 Å². The molecule has 6 nitrogen and oxygen atoms in total. The molecule has 2 N–H and O–H groups in total. The molecule has 0 atom stereocenters. The highest BCUT2D eigenvalue weighted by atomic mass is 79.9. The zero-order valence-corrected chi connectivity index (χ0v) is 15.4. The third-order valence-electron chi connectivity index (χ3n) is 2.74. The first kappa shape index (κ1) is 17.6. The lowest BCUT2D eigenvalue weighted by molar-refractivity contribution is 0.466. The van der Waals surface area contributed by atoms with E-state index in [1.165, 1.54) is 24.3 Å². The number of halogens is 2. The highest BCUT2D eigenvalue weighted by Gasteiger charge is 2.30. The predicted octanol–water partition coefficient (Wildman–Crippen LogP) is 3.37. The second-order valence-electron chi connectivity index (χ2n) is 4.21. The maximum Gasteiger partial charge on any atom is 0.297 e. The maximum atomic E-state index is 11.7. The average molecular weight is 472 g/mol. The van der Waals surface area contributed by atoms with Crippen LogP contribution in [-0.2, 0) is 20.2 Å². The highest BCUT2D eigenvalue weighted by molar-refractivity contribution is 9.10. The summed E-state index contributed by atoms with van der Waals surface area (Å²) in [4.78, 5) is -1.79. The smallest absolute Gasteiger partial charge is 0.282 e. The molecule has 0 fully saturated rings. The first-order valence-corrected chi connectivity index (χ1v) is 10.0. The first-order valence-electron chi connectivity index (χ1n) is 5.55. The van der Waals surface area contributed by atoms with Gasteiger partial charge in [-0.3, -0.25) is 9.11 Å². The fourth-order valence-electron chi connectivity index (χ4n) is 1.89. The molecule has 2 rings (SSSR count). The minimum absolute atomic E-state index is 0.0502. The van der Waals surface area contributed by atoms with Crippen molar-refractivity contribution in [3.63, 3.8) is 0 Å². The van der Waals surface area contributed by atoms with E-state index in [0.717, 1.165) is 4.47 Å². The van der Waals surface area contributed by atoms with Crippen LogP contribution in [0.25, 0.3) is 11.1 Å². The molecular weight excluding hydrogens is 464 g/mol. The van der Waals surface area contributed by atoms with Crippen molar-refractivity contribution in [2.75, 3.05) is 0 Å². The van der Waals surface area contributed by atoms with Crippen LogP contribution in [0.1, 0.15) is 0 Å². The lowest BCUT2D eigenvalue weighted by Crippen LogP contribution is -2.11. The summed E-state index contributed by atoms with van der Waals surface area (Å²) in [5.41, 5.74) is 0.305. The number of rotatable bonds is 3. The predicted molar refractivity (Wildman–Crippen MR) is 86.9 cm³/mol. The summed E-state index contributed by atoms with van der Waals surface area (Å²) in [6.45, 7) is 0. The molecule has 22 heavy (non-hydrogen) atoms. The van der Waals surface area contributed by atoms with Gasteiger partial charge < -0.3 is 0 Å². The molecule has 0 aliphatic carbocycles. The molecule has 0 saturated carbocycles. The van der Waals surface area contributed by atoms with Crippen molar-refractivity contribution in [2.45, 2.75) is 9.79 Å². The van der Waals surface area contributed by atoms with Crippen molar-refractivity contribution in [2.24, 2.45) is 0 Å². The fourth-order valence-corrected chi connectivity index (χ4v) is 5.33. The molecule has 10 heteroatoms. The molecule has 118 valence electrons. The van der Waals surface area contributed by atoms with Crippen molar-refractivity contribution < 1.29 is 25.9 Å². The Morgan fingerprint density at radius 3 is 1.68 bits per heavy atom. The molecule has 0 aliphatic rings. The van der Waals surface area contributed by atoms with E-state index in [0.29, 0.717) is 5.56 Å². The summed E-state index contributed by atoms with van der Waals surface area (Å²) in [6, 6.07) is 8.92. The Labute approximate surface area is 143 Å². The summed E-state index contributed by atoms with van der Waals surface area (Å²) < 4.78 is 65.6. The van der Waals surface area contributed by atoms with Crippen LogP contribution in [0.2, 0.25) is 0 Å². The van der Waals surface area contributed by atoms with Crippen LogP contribution in [0.5, 0.6) is 0 Å². The minimum Gasteiger partial charge on any atom is -0.282 e. The standard InChI is InChI=1S/C12H8Br2O6S2/c13-8-3-1-7(2-4-8)9-5-6-10(14)12(22(18,19)20)11(9)21(15,16)17/h1-6H,(H,15,16,17)(H,18,19,20). The monoisotopic (exact) mass is 470 g/mol. The van der Waals surface area contributed by atoms with Gasteiger partial charge in [0, 0.05) is 14.5 Å². The molecule has 0 aromatic heterocycles. The molecule has 0 unspecified atom stereocenters. The third-order valence-corrected chi connectivity index (χ3v) is 6.20. The van der Waals surface area contributed by atoms with Gasteiger partial charge in [0.1, 0.15) is 9.79 Å². The number of benzene rings is 2. The van der Waals surface area contributed by atoms with Crippen molar-refractivity contribution in [1.82, 2.24) is 0 Å². The molecule has 0 amide bonds. The van der Waals surface area contributed by atoms with Gasteiger partial charge in [0.15, 0.2) is 0 Å². The third kappa shape index (κ3) is 3.58. The van der Waals surface area contributed by atoms with Gasteiger partial charge in [-0.25, -0.2) is 0 Å². The Kier molecular flexibility index (Phi) is 4.81. The number of hydrogen-bond donors (Lipinski definition) is 2. The van der Waals surface area contributed by atoms with Crippen LogP contribution in [0.15, 0.2) is 55.1 Å². The molecule has 0 heterocycles. The van der Waals surface area contributed by atoms with E-state index < -0.39 is 30.0 Å². The summed E-state index contributed by atoms with van der Waals surface area (Å²) in [5.74, 6) is 0. The van der Waals surface area contributed by atoms with Crippen molar-refractivity contribution in [3.8, 4) is 11.1 Å². The minimum atomic E-state index is -4.91. The van der Waals surface area contributed by atoms with Crippen LogP contribution >= 0.6 is 31.9 Å². The quantitative estimate of drug-likeness (QED) is 0.664. The summed E-state index contributed by atoms with van der Waals surface area (Å²) in [6.07, 6.45) is 0. The van der Waals surface area contributed by atoms with Crippen LogP contribution in [0, 0.1) is 0 Å². The molecular formula is C12H8Br2O6S2. The average Bonchev–Trinajstić information content (AvgIpc) is 2.37. The Hall–Kier alpha value is -0.780. The molecule has 0 spiro atoms. The lowest BCUT2D eigenvalue weighted by atomic mass is 10.1. The zero-order valence-electron chi connectivity index (χ0n) is 10.6. The first-order chi connectivity index (χ1) is 10.0. The van der Waals surface area contributed by atoms with E-state index in [1.807, 2.05) is 0 Å². The van der Waals surface area contributed by atoms with Gasteiger partial charge in [-0.15, -0.1) is 0 Å². The Morgan fingerprint density at radius 2 is 1.23 bits per heavy atom. The Balaban J connectivity index is 2.96. The van der Waals surface area contributed by atoms with Gasteiger partial charge in [0.25, 0.3) is 20.2 Å². The summed E-state index contributed by atoms with van der Waals surface area (Å²) in [5, 5.41) is 0. The van der Waals surface area contributed by atoms with E-state index in [4.69, 9.17) is 0 Å². The van der Waals surface area contributed by atoms with Gasteiger partial charge in [-0.1, -0.05) is 34.1 Å². The topological polar surface area (TPSA) is 109 Å². The molecule has 2 aromatic carbocycles. The summed E-state index contributed by atoms with van der Waals surface area (Å²) in [7, 11) is -9.79.